The van der Waals surface area contributed by atoms with Gasteiger partial charge in [-0.3, -0.25) is 10.1 Å². The van der Waals surface area contributed by atoms with Gasteiger partial charge in [-0.15, -0.1) is 21.5 Å². The maximum absolute atomic E-state index is 12.9. The van der Waals surface area contributed by atoms with Crippen LogP contribution in [0, 0.1) is 0 Å². The second-order valence-corrected chi connectivity index (χ2v) is 9.89. The van der Waals surface area contributed by atoms with Crippen LogP contribution >= 0.6 is 34.4 Å². The average molecular weight is 473 g/mol. The molecule has 160 valence electrons. The van der Waals surface area contributed by atoms with Crippen LogP contribution in [0.2, 0.25) is 0 Å². The standard InChI is InChI=1S/C21H20N4O3S3/c1-4-16(29-21-22-14-7-5-6-8-17(14)30-21)18(26)23-20-25-24-19(31-20)13-10-9-12(27-2)11-15(13)28-3/h5-11,16H,4H2,1-3H3,(H,23,25,26)/t16-/m0/s1. The number of aromatic nitrogens is 3. The Balaban J connectivity index is 1.47. The molecule has 4 rings (SSSR count). The third-order valence-corrected chi connectivity index (χ3v) is 7.84. The predicted octanol–water partition coefficient (Wildman–Crippen LogP) is 5.34. The van der Waals surface area contributed by atoms with Crippen molar-refractivity contribution in [3.8, 4) is 22.1 Å². The lowest BCUT2D eigenvalue weighted by Crippen LogP contribution is -2.24. The largest absolute Gasteiger partial charge is 0.497 e. The fraction of sp³-hybridized carbons (Fsp3) is 0.238. The SMILES string of the molecule is CC[C@H](Sc1nc2ccccc2s1)C(=O)Nc1nnc(-c2ccc(OC)cc2OC)s1. The van der Waals surface area contributed by atoms with Crippen molar-refractivity contribution in [3.63, 3.8) is 0 Å². The van der Waals surface area contributed by atoms with Gasteiger partial charge in [0, 0.05) is 6.07 Å². The Kier molecular flexibility index (Phi) is 6.69. The number of nitrogens with zero attached hydrogens (tertiary/aromatic N) is 3. The number of fused-ring (bicyclic) bond motifs is 1. The molecule has 1 amide bonds. The number of hydrogen-bond donors (Lipinski definition) is 1. The molecule has 2 aromatic carbocycles. The Morgan fingerprint density at radius 1 is 1.13 bits per heavy atom. The molecular formula is C21H20N4O3S3. The van der Waals surface area contributed by atoms with Crippen LogP contribution in [0.1, 0.15) is 13.3 Å². The molecule has 0 fully saturated rings. The maximum Gasteiger partial charge on any atom is 0.239 e. The van der Waals surface area contributed by atoms with Crippen LogP contribution in [0.3, 0.4) is 0 Å². The normalized spacial score (nSPS) is 12.0. The Morgan fingerprint density at radius 3 is 2.71 bits per heavy atom. The molecule has 0 spiro atoms. The highest BCUT2D eigenvalue weighted by Gasteiger charge is 2.22. The number of amides is 1. The van der Waals surface area contributed by atoms with Gasteiger partial charge in [0.15, 0.2) is 9.35 Å². The number of para-hydroxylation sites is 1. The summed E-state index contributed by atoms with van der Waals surface area (Å²) in [6.07, 6.45) is 0.671. The lowest BCUT2D eigenvalue weighted by Gasteiger charge is -2.11. The van der Waals surface area contributed by atoms with Crippen molar-refractivity contribution in [2.75, 3.05) is 19.5 Å². The van der Waals surface area contributed by atoms with E-state index in [0.29, 0.717) is 28.1 Å². The first-order chi connectivity index (χ1) is 15.1. The second kappa shape index (κ2) is 9.63. The van der Waals surface area contributed by atoms with Crippen molar-refractivity contribution in [1.82, 2.24) is 15.2 Å². The van der Waals surface area contributed by atoms with Gasteiger partial charge in [-0.2, -0.15) is 0 Å². The fourth-order valence-electron chi connectivity index (χ4n) is 2.89. The topological polar surface area (TPSA) is 86.2 Å². The van der Waals surface area contributed by atoms with E-state index in [2.05, 4.69) is 20.5 Å². The van der Waals surface area contributed by atoms with Crippen molar-refractivity contribution in [1.29, 1.82) is 0 Å². The van der Waals surface area contributed by atoms with Gasteiger partial charge >= 0.3 is 0 Å². The van der Waals surface area contributed by atoms with Crippen LogP contribution in [-0.2, 0) is 4.79 Å². The lowest BCUT2D eigenvalue weighted by atomic mass is 10.2. The summed E-state index contributed by atoms with van der Waals surface area (Å²) in [5.41, 5.74) is 1.74. The molecule has 10 heteroatoms. The van der Waals surface area contributed by atoms with Crippen LogP contribution in [0.25, 0.3) is 20.8 Å². The number of ether oxygens (including phenoxy) is 2. The summed E-state index contributed by atoms with van der Waals surface area (Å²) in [7, 11) is 3.19. The van der Waals surface area contributed by atoms with Gasteiger partial charge in [0.2, 0.25) is 11.0 Å². The minimum absolute atomic E-state index is 0.115. The van der Waals surface area contributed by atoms with Gasteiger partial charge in [-0.25, -0.2) is 4.98 Å². The molecule has 1 N–H and O–H groups in total. The molecule has 0 aliphatic carbocycles. The molecule has 2 heterocycles. The molecule has 0 bridgehead atoms. The number of nitrogens with one attached hydrogen (secondary N) is 1. The summed E-state index contributed by atoms with van der Waals surface area (Å²) in [6.45, 7) is 1.98. The van der Waals surface area contributed by atoms with Crippen molar-refractivity contribution in [2.45, 2.75) is 22.9 Å². The van der Waals surface area contributed by atoms with Crippen molar-refractivity contribution >= 4 is 55.7 Å². The Morgan fingerprint density at radius 2 is 1.97 bits per heavy atom. The molecule has 0 aliphatic heterocycles. The molecule has 1 atom stereocenters. The Bertz CT molecular complexity index is 1170. The summed E-state index contributed by atoms with van der Waals surface area (Å²) in [5.74, 6) is 1.21. The molecule has 0 unspecified atom stereocenters. The molecule has 0 saturated heterocycles. The number of thiazole rings is 1. The number of benzene rings is 2. The molecule has 7 nitrogen and oxygen atoms in total. The van der Waals surface area contributed by atoms with Crippen LogP contribution < -0.4 is 14.8 Å². The fourth-order valence-corrected chi connectivity index (χ4v) is 5.90. The minimum atomic E-state index is -0.275. The smallest absolute Gasteiger partial charge is 0.239 e. The Hall–Kier alpha value is -2.69. The van der Waals surface area contributed by atoms with E-state index < -0.39 is 0 Å². The lowest BCUT2D eigenvalue weighted by molar-refractivity contribution is -0.115. The molecule has 31 heavy (non-hydrogen) atoms. The maximum atomic E-state index is 12.9. The van der Waals surface area contributed by atoms with Crippen molar-refractivity contribution in [2.24, 2.45) is 0 Å². The van der Waals surface area contributed by atoms with E-state index in [1.54, 1.807) is 31.6 Å². The van der Waals surface area contributed by atoms with Crippen LogP contribution in [0.5, 0.6) is 11.5 Å². The molecule has 2 aromatic heterocycles. The Labute approximate surface area is 191 Å². The zero-order valence-corrected chi connectivity index (χ0v) is 19.6. The first-order valence-corrected chi connectivity index (χ1v) is 12.0. The summed E-state index contributed by atoms with van der Waals surface area (Å²) < 4.78 is 12.7. The van der Waals surface area contributed by atoms with Gasteiger partial charge < -0.3 is 9.47 Å². The number of carbonyl (C=O) groups excluding carboxylic acids is 1. The first kappa shape index (κ1) is 21.5. The van der Waals surface area contributed by atoms with Crippen LogP contribution in [0.4, 0.5) is 5.13 Å². The van der Waals surface area contributed by atoms with Gasteiger partial charge in [-0.05, 0) is 30.7 Å². The van der Waals surface area contributed by atoms with E-state index >= 15 is 0 Å². The molecule has 0 radical (unpaired) electrons. The minimum Gasteiger partial charge on any atom is -0.497 e. The predicted molar refractivity (Wildman–Crippen MR) is 127 cm³/mol. The first-order valence-electron chi connectivity index (χ1n) is 9.50. The van der Waals surface area contributed by atoms with Gasteiger partial charge in [0.05, 0.1) is 35.2 Å². The number of rotatable bonds is 8. The zero-order valence-electron chi connectivity index (χ0n) is 17.1. The van der Waals surface area contributed by atoms with Gasteiger partial charge in [0.25, 0.3) is 0 Å². The van der Waals surface area contributed by atoms with E-state index in [1.807, 2.05) is 43.3 Å². The summed E-state index contributed by atoms with van der Waals surface area (Å²) in [6, 6.07) is 13.5. The number of hydrogen-bond acceptors (Lipinski definition) is 9. The number of anilines is 1. The molecular weight excluding hydrogens is 452 g/mol. The van der Waals surface area contributed by atoms with Gasteiger partial charge in [-0.1, -0.05) is 42.2 Å². The molecule has 0 saturated carbocycles. The van der Waals surface area contributed by atoms with Crippen molar-refractivity contribution < 1.29 is 14.3 Å². The number of carbonyl (C=O) groups is 1. The van der Waals surface area contributed by atoms with Gasteiger partial charge in [0.1, 0.15) is 11.5 Å². The highest BCUT2D eigenvalue weighted by Crippen LogP contribution is 2.37. The van der Waals surface area contributed by atoms with E-state index in [0.717, 1.165) is 20.1 Å². The highest BCUT2D eigenvalue weighted by molar-refractivity contribution is 8.02. The molecule has 4 aromatic rings. The third-order valence-electron chi connectivity index (χ3n) is 4.47. The van der Waals surface area contributed by atoms with E-state index in [9.17, 15) is 4.79 Å². The van der Waals surface area contributed by atoms with Crippen molar-refractivity contribution in [3.05, 3.63) is 42.5 Å². The van der Waals surface area contributed by atoms with Crippen LogP contribution in [-0.4, -0.2) is 40.6 Å². The number of thioether (sulfide) groups is 1. The van der Waals surface area contributed by atoms with E-state index in [4.69, 9.17) is 9.47 Å². The van der Waals surface area contributed by atoms with E-state index in [-0.39, 0.29) is 11.2 Å². The summed E-state index contributed by atoms with van der Waals surface area (Å²) in [4.78, 5) is 17.5. The van der Waals surface area contributed by atoms with E-state index in [1.165, 1.54) is 23.1 Å². The van der Waals surface area contributed by atoms with Crippen LogP contribution in [0.15, 0.2) is 46.8 Å². The summed E-state index contributed by atoms with van der Waals surface area (Å²) >= 11 is 4.37. The average Bonchev–Trinajstić information content (AvgIpc) is 3.43. The second-order valence-electron chi connectivity index (χ2n) is 6.43. The summed E-state index contributed by atoms with van der Waals surface area (Å²) in [5, 5.41) is 12.1. The quantitative estimate of drug-likeness (QED) is 0.346. The molecule has 0 aliphatic rings. The number of methoxy groups -OCH3 is 2. The third kappa shape index (κ3) is 4.81. The monoisotopic (exact) mass is 472 g/mol. The zero-order chi connectivity index (χ0) is 21.8. The highest BCUT2D eigenvalue weighted by atomic mass is 32.2.